The van der Waals surface area contributed by atoms with Crippen molar-refractivity contribution in [3.8, 4) is 0 Å². The van der Waals surface area contributed by atoms with Crippen molar-refractivity contribution in [2.75, 3.05) is 31.1 Å². The third-order valence-electron chi connectivity index (χ3n) is 3.84. The Morgan fingerprint density at radius 2 is 1.95 bits per heavy atom. The van der Waals surface area contributed by atoms with Crippen LogP contribution < -0.4 is 16.0 Å². The topological polar surface area (TPSA) is 58.4 Å². The molecule has 0 spiro atoms. The molecule has 1 fully saturated rings. The first-order valence-corrected chi connectivity index (χ1v) is 7.06. The number of hydrogen-bond acceptors (Lipinski definition) is 3. The number of piperidine rings is 1. The zero-order valence-electron chi connectivity index (χ0n) is 11.6. The molecule has 19 heavy (non-hydrogen) atoms. The molecule has 0 unspecified atom stereocenters. The van der Waals surface area contributed by atoms with Gasteiger partial charge in [0.1, 0.15) is 0 Å². The first-order valence-electron chi connectivity index (χ1n) is 7.06. The fourth-order valence-electron chi connectivity index (χ4n) is 2.63. The van der Waals surface area contributed by atoms with Crippen LogP contribution in [0.5, 0.6) is 0 Å². The van der Waals surface area contributed by atoms with Crippen LogP contribution in [0.3, 0.4) is 0 Å². The van der Waals surface area contributed by atoms with Crippen molar-refractivity contribution >= 4 is 11.6 Å². The molecule has 1 aromatic rings. The summed E-state index contributed by atoms with van der Waals surface area (Å²) in [6.45, 7) is 6.50. The van der Waals surface area contributed by atoms with Gasteiger partial charge in [0.15, 0.2) is 0 Å². The lowest BCUT2D eigenvalue weighted by molar-refractivity contribution is 0.100. The number of nitrogens with one attached hydrogen (secondary N) is 1. The molecule has 4 nitrogen and oxygen atoms in total. The first kappa shape index (κ1) is 13.9. The van der Waals surface area contributed by atoms with Gasteiger partial charge < -0.3 is 16.0 Å². The standard InChI is InChI=1S/C15H23N3O/c1-2-18(11-12-7-9-17-10-8-12)14-5-3-13(4-6-14)15(16)19/h3-6,12,17H,2,7-11H2,1H3,(H2,16,19). The molecular formula is C15H23N3O. The molecule has 0 aromatic heterocycles. The largest absolute Gasteiger partial charge is 0.372 e. The van der Waals surface area contributed by atoms with Crippen molar-refractivity contribution in [2.24, 2.45) is 11.7 Å². The molecular weight excluding hydrogens is 238 g/mol. The summed E-state index contributed by atoms with van der Waals surface area (Å²) in [5.41, 5.74) is 7.01. The number of benzene rings is 1. The SMILES string of the molecule is CCN(CC1CCNCC1)c1ccc(C(N)=O)cc1. The molecule has 0 bridgehead atoms. The van der Waals surface area contributed by atoms with Crippen LogP contribution in [-0.2, 0) is 0 Å². The molecule has 3 N–H and O–H groups in total. The van der Waals surface area contributed by atoms with Crippen LogP contribution in [0, 0.1) is 5.92 Å². The smallest absolute Gasteiger partial charge is 0.248 e. The number of carbonyl (C=O) groups excluding carboxylic acids is 1. The summed E-state index contributed by atoms with van der Waals surface area (Å²) >= 11 is 0. The van der Waals surface area contributed by atoms with Gasteiger partial charge in [-0.1, -0.05) is 0 Å². The minimum atomic E-state index is -0.368. The van der Waals surface area contributed by atoms with E-state index in [0.717, 1.165) is 32.1 Å². The van der Waals surface area contributed by atoms with Crippen LogP contribution in [0.25, 0.3) is 0 Å². The van der Waals surface area contributed by atoms with Crippen molar-refractivity contribution in [3.63, 3.8) is 0 Å². The first-order chi connectivity index (χ1) is 9.20. The Kier molecular flexibility index (Phi) is 4.80. The van der Waals surface area contributed by atoms with Crippen molar-refractivity contribution in [3.05, 3.63) is 29.8 Å². The molecule has 1 aliphatic heterocycles. The maximum Gasteiger partial charge on any atom is 0.248 e. The van der Waals surface area contributed by atoms with Gasteiger partial charge >= 0.3 is 0 Å². The van der Waals surface area contributed by atoms with E-state index in [9.17, 15) is 4.79 Å². The van der Waals surface area contributed by atoms with Crippen molar-refractivity contribution in [2.45, 2.75) is 19.8 Å². The molecule has 0 saturated carbocycles. The van der Waals surface area contributed by atoms with E-state index in [1.54, 1.807) is 0 Å². The van der Waals surface area contributed by atoms with E-state index in [2.05, 4.69) is 17.1 Å². The Morgan fingerprint density at radius 3 is 2.47 bits per heavy atom. The highest BCUT2D eigenvalue weighted by atomic mass is 16.1. The fraction of sp³-hybridized carbons (Fsp3) is 0.533. The molecule has 1 amide bonds. The minimum absolute atomic E-state index is 0.368. The van der Waals surface area contributed by atoms with Gasteiger partial charge in [0, 0.05) is 24.3 Å². The van der Waals surface area contributed by atoms with Gasteiger partial charge in [0.2, 0.25) is 5.91 Å². The highest BCUT2D eigenvalue weighted by Crippen LogP contribution is 2.20. The number of nitrogens with zero attached hydrogens (tertiary/aromatic N) is 1. The van der Waals surface area contributed by atoms with Crippen LogP contribution in [0.2, 0.25) is 0 Å². The fourth-order valence-corrected chi connectivity index (χ4v) is 2.63. The summed E-state index contributed by atoms with van der Waals surface area (Å²) in [7, 11) is 0. The summed E-state index contributed by atoms with van der Waals surface area (Å²) in [6, 6.07) is 7.60. The van der Waals surface area contributed by atoms with Gasteiger partial charge in [0.05, 0.1) is 0 Å². The Labute approximate surface area is 115 Å². The number of carbonyl (C=O) groups is 1. The highest BCUT2D eigenvalue weighted by Gasteiger charge is 2.16. The number of primary amides is 1. The molecule has 1 aromatic carbocycles. The number of rotatable bonds is 5. The zero-order valence-corrected chi connectivity index (χ0v) is 11.6. The van der Waals surface area contributed by atoms with Gasteiger partial charge in [-0.2, -0.15) is 0 Å². The number of amides is 1. The van der Waals surface area contributed by atoms with Gasteiger partial charge in [-0.3, -0.25) is 4.79 Å². The summed E-state index contributed by atoms with van der Waals surface area (Å²) in [5, 5.41) is 3.40. The molecule has 0 atom stereocenters. The normalized spacial score (nSPS) is 16.3. The van der Waals surface area contributed by atoms with E-state index in [-0.39, 0.29) is 5.91 Å². The lowest BCUT2D eigenvalue weighted by Crippen LogP contribution is -2.36. The summed E-state index contributed by atoms with van der Waals surface area (Å²) in [4.78, 5) is 13.4. The average Bonchev–Trinajstić information content (AvgIpc) is 2.46. The average molecular weight is 261 g/mol. The molecule has 2 rings (SSSR count). The zero-order chi connectivity index (χ0) is 13.7. The lowest BCUT2D eigenvalue weighted by Gasteiger charge is -2.31. The highest BCUT2D eigenvalue weighted by molar-refractivity contribution is 5.93. The van der Waals surface area contributed by atoms with E-state index in [1.807, 2.05) is 24.3 Å². The van der Waals surface area contributed by atoms with Crippen LogP contribution in [0.4, 0.5) is 5.69 Å². The second-order valence-electron chi connectivity index (χ2n) is 5.14. The second-order valence-corrected chi connectivity index (χ2v) is 5.14. The van der Waals surface area contributed by atoms with Gasteiger partial charge in [-0.15, -0.1) is 0 Å². The van der Waals surface area contributed by atoms with Gasteiger partial charge in [-0.25, -0.2) is 0 Å². The Bertz CT molecular complexity index is 410. The van der Waals surface area contributed by atoms with Gasteiger partial charge in [-0.05, 0) is 63.0 Å². The Balaban J connectivity index is 2.01. The van der Waals surface area contributed by atoms with Crippen LogP contribution in [0.1, 0.15) is 30.1 Å². The molecule has 1 aliphatic rings. The lowest BCUT2D eigenvalue weighted by atomic mass is 9.97. The van der Waals surface area contributed by atoms with E-state index in [0.29, 0.717) is 5.56 Å². The Morgan fingerprint density at radius 1 is 1.32 bits per heavy atom. The van der Waals surface area contributed by atoms with E-state index >= 15 is 0 Å². The van der Waals surface area contributed by atoms with Crippen LogP contribution in [-0.4, -0.2) is 32.1 Å². The Hall–Kier alpha value is -1.55. The molecule has 1 heterocycles. The number of anilines is 1. The summed E-state index contributed by atoms with van der Waals surface area (Å²) in [6.07, 6.45) is 2.49. The van der Waals surface area contributed by atoms with Crippen LogP contribution in [0.15, 0.2) is 24.3 Å². The summed E-state index contributed by atoms with van der Waals surface area (Å²) < 4.78 is 0. The maximum atomic E-state index is 11.1. The third kappa shape index (κ3) is 3.70. The van der Waals surface area contributed by atoms with E-state index in [4.69, 9.17) is 5.73 Å². The van der Waals surface area contributed by atoms with Gasteiger partial charge in [0.25, 0.3) is 0 Å². The van der Waals surface area contributed by atoms with E-state index in [1.165, 1.54) is 18.5 Å². The van der Waals surface area contributed by atoms with Crippen LogP contribution >= 0.6 is 0 Å². The molecule has 104 valence electrons. The number of nitrogens with two attached hydrogens (primary N) is 1. The molecule has 0 aliphatic carbocycles. The monoisotopic (exact) mass is 261 g/mol. The maximum absolute atomic E-state index is 11.1. The minimum Gasteiger partial charge on any atom is -0.372 e. The van der Waals surface area contributed by atoms with Crippen molar-refractivity contribution in [1.29, 1.82) is 0 Å². The van der Waals surface area contributed by atoms with Crippen molar-refractivity contribution in [1.82, 2.24) is 5.32 Å². The quantitative estimate of drug-likeness (QED) is 0.846. The molecule has 1 saturated heterocycles. The molecule has 4 heteroatoms. The van der Waals surface area contributed by atoms with E-state index < -0.39 is 0 Å². The third-order valence-corrected chi connectivity index (χ3v) is 3.84. The summed E-state index contributed by atoms with van der Waals surface area (Å²) in [5.74, 6) is 0.393. The predicted octanol–water partition coefficient (Wildman–Crippen LogP) is 1.61. The predicted molar refractivity (Wildman–Crippen MR) is 78.4 cm³/mol. The van der Waals surface area contributed by atoms with Crippen molar-refractivity contribution < 1.29 is 4.79 Å². The number of hydrogen-bond donors (Lipinski definition) is 2. The second kappa shape index (κ2) is 6.57. The molecule has 0 radical (unpaired) electrons.